The molecule has 70 valence electrons. The average molecular weight is 191 g/mol. The summed E-state index contributed by atoms with van der Waals surface area (Å²) in [7, 11) is 0. The number of hydrogen-bond donors (Lipinski definition) is 0. The highest BCUT2D eigenvalue weighted by atomic mass is 35.5. The molecule has 0 aromatic carbocycles. The van der Waals surface area contributed by atoms with Crippen LogP contribution in [0.15, 0.2) is 0 Å². The molecule has 12 heavy (non-hydrogen) atoms. The number of carbonyl (C=O) groups is 1. The molecule has 0 unspecified atom stereocenters. The SMILES string of the molecule is C[C@H]1CC[C@H](C(=O)OCCl)CC1. The molecule has 0 N–H and O–H groups in total. The van der Waals surface area contributed by atoms with Crippen molar-refractivity contribution in [2.24, 2.45) is 11.8 Å². The van der Waals surface area contributed by atoms with Crippen LogP contribution in [-0.4, -0.2) is 12.0 Å². The summed E-state index contributed by atoms with van der Waals surface area (Å²) in [5.41, 5.74) is 0. The van der Waals surface area contributed by atoms with Gasteiger partial charge in [-0.2, -0.15) is 0 Å². The maximum absolute atomic E-state index is 11.2. The number of alkyl halides is 1. The molecule has 0 radical (unpaired) electrons. The maximum atomic E-state index is 11.2. The predicted molar refractivity (Wildman–Crippen MR) is 47.9 cm³/mol. The van der Waals surface area contributed by atoms with Gasteiger partial charge in [0, 0.05) is 0 Å². The minimum absolute atomic E-state index is 0.00904. The van der Waals surface area contributed by atoms with Gasteiger partial charge >= 0.3 is 5.97 Å². The molecular weight excluding hydrogens is 176 g/mol. The normalized spacial score (nSPS) is 29.8. The van der Waals surface area contributed by atoms with Crippen molar-refractivity contribution in [3.05, 3.63) is 0 Å². The van der Waals surface area contributed by atoms with Crippen LogP contribution in [0.5, 0.6) is 0 Å². The summed E-state index contributed by atoms with van der Waals surface area (Å²) in [4.78, 5) is 11.2. The van der Waals surface area contributed by atoms with Gasteiger partial charge in [0.25, 0.3) is 0 Å². The summed E-state index contributed by atoms with van der Waals surface area (Å²) in [5.74, 6) is 0.766. The van der Waals surface area contributed by atoms with Crippen molar-refractivity contribution in [3.63, 3.8) is 0 Å². The van der Waals surface area contributed by atoms with Gasteiger partial charge in [-0.3, -0.25) is 4.79 Å². The van der Waals surface area contributed by atoms with Gasteiger partial charge in [0.05, 0.1) is 5.92 Å². The lowest BCUT2D eigenvalue weighted by atomic mass is 9.83. The summed E-state index contributed by atoms with van der Waals surface area (Å²) in [5, 5.41) is 0. The van der Waals surface area contributed by atoms with Gasteiger partial charge in [-0.15, -0.1) is 0 Å². The van der Waals surface area contributed by atoms with E-state index in [0.29, 0.717) is 0 Å². The second-order valence-corrected chi connectivity index (χ2v) is 3.75. The zero-order valence-corrected chi connectivity index (χ0v) is 8.14. The number of carbonyl (C=O) groups excluding carboxylic acids is 1. The average Bonchev–Trinajstić information content (AvgIpc) is 2.06. The van der Waals surface area contributed by atoms with Gasteiger partial charge < -0.3 is 4.74 Å². The molecule has 1 aliphatic carbocycles. The van der Waals surface area contributed by atoms with Crippen LogP contribution in [0, 0.1) is 11.8 Å². The van der Waals surface area contributed by atoms with E-state index < -0.39 is 0 Å². The molecule has 0 aliphatic heterocycles. The van der Waals surface area contributed by atoms with Gasteiger partial charge in [0.2, 0.25) is 0 Å². The van der Waals surface area contributed by atoms with E-state index in [4.69, 9.17) is 16.3 Å². The summed E-state index contributed by atoms with van der Waals surface area (Å²) in [6.07, 6.45) is 4.22. The largest absolute Gasteiger partial charge is 0.449 e. The third-order valence-electron chi connectivity index (χ3n) is 2.55. The third-order valence-corrected chi connectivity index (χ3v) is 2.66. The highest BCUT2D eigenvalue weighted by Gasteiger charge is 2.24. The molecule has 0 heterocycles. The Morgan fingerprint density at radius 3 is 2.50 bits per heavy atom. The first-order valence-electron chi connectivity index (χ1n) is 4.46. The lowest BCUT2D eigenvalue weighted by molar-refractivity contribution is -0.147. The number of rotatable bonds is 2. The van der Waals surface area contributed by atoms with Crippen molar-refractivity contribution in [1.29, 1.82) is 0 Å². The first-order valence-corrected chi connectivity index (χ1v) is 5.00. The maximum Gasteiger partial charge on any atom is 0.310 e. The monoisotopic (exact) mass is 190 g/mol. The van der Waals surface area contributed by atoms with Crippen molar-refractivity contribution in [3.8, 4) is 0 Å². The zero-order chi connectivity index (χ0) is 8.97. The number of esters is 1. The van der Waals surface area contributed by atoms with Crippen molar-refractivity contribution in [2.75, 3.05) is 6.07 Å². The van der Waals surface area contributed by atoms with Crippen LogP contribution < -0.4 is 0 Å². The molecule has 1 saturated carbocycles. The Kier molecular flexibility index (Phi) is 3.86. The summed E-state index contributed by atoms with van der Waals surface area (Å²) in [6, 6.07) is -0.00904. The molecule has 1 fully saturated rings. The molecule has 1 rings (SSSR count). The van der Waals surface area contributed by atoms with Crippen LogP contribution in [0.3, 0.4) is 0 Å². The molecule has 3 heteroatoms. The summed E-state index contributed by atoms with van der Waals surface area (Å²) < 4.78 is 4.74. The lowest BCUT2D eigenvalue weighted by Crippen LogP contribution is -2.22. The zero-order valence-electron chi connectivity index (χ0n) is 7.38. The quantitative estimate of drug-likeness (QED) is 0.494. The molecular formula is C9H15ClO2. The number of hydrogen-bond acceptors (Lipinski definition) is 2. The lowest BCUT2D eigenvalue weighted by Gasteiger charge is -2.23. The van der Waals surface area contributed by atoms with Gasteiger partial charge in [-0.1, -0.05) is 18.5 Å². The van der Waals surface area contributed by atoms with Crippen molar-refractivity contribution >= 4 is 17.6 Å². The van der Waals surface area contributed by atoms with E-state index >= 15 is 0 Å². The molecule has 0 atom stereocenters. The van der Waals surface area contributed by atoms with E-state index in [0.717, 1.165) is 31.6 Å². The second-order valence-electron chi connectivity index (χ2n) is 3.53. The summed E-state index contributed by atoms with van der Waals surface area (Å²) >= 11 is 5.30. The molecule has 2 nitrogen and oxygen atoms in total. The Morgan fingerprint density at radius 2 is 2.00 bits per heavy atom. The minimum atomic E-state index is -0.114. The van der Waals surface area contributed by atoms with Gasteiger partial charge in [-0.25, -0.2) is 0 Å². The van der Waals surface area contributed by atoms with E-state index in [-0.39, 0.29) is 18.0 Å². The minimum Gasteiger partial charge on any atom is -0.449 e. The first kappa shape index (κ1) is 9.85. The fourth-order valence-corrected chi connectivity index (χ4v) is 1.77. The van der Waals surface area contributed by atoms with Gasteiger partial charge in [0.1, 0.15) is 0 Å². The Morgan fingerprint density at radius 1 is 1.42 bits per heavy atom. The Balaban J connectivity index is 2.29. The van der Waals surface area contributed by atoms with Crippen LogP contribution in [0.1, 0.15) is 32.6 Å². The molecule has 0 aromatic heterocycles. The van der Waals surface area contributed by atoms with Crippen LogP contribution in [0.4, 0.5) is 0 Å². The Hall–Kier alpha value is -0.240. The molecule has 0 bridgehead atoms. The topological polar surface area (TPSA) is 26.3 Å². The van der Waals surface area contributed by atoms with Crippen LogP contribution in [-0.2, 0) is 9.53 Å². The van der Waals surface area contributed by atoms with Crippen LogP contribution in [0.2, 0.25) is 0 Å². The van der Waals surface area contributed by atoms with E-state index in [1.54, 1.807) is 0 Å². The van der Waals surface area contributed by atoms with E-state index in [1.807, 2.05) is 0 Å². The van der Waals surface area contributed by atoms with E-state index in [9.17, 15) is 4.79 Å². The highest BCUT2D eigenvalue weighted by Crippen LogP contribution is 2.28. The number of halogens is 1. The van der Waals surface area contributed by atoms with E-state index in [1.165, 1.54) is 0 Å². The van der Waals surface area contributed by atoms with Crippen molar-refractivity contribution < 1.29 is 9.53 Å². The molecule has 0 spiro atoms. The standard InChI is InChI=1S/C9H15ClO2/c1-7-2-4-8(5-3-7)9(11)12-6-10/h7-8H,2-6H2,1H3/t7-,8-. The molecule has 0 amide bonds. The Bertz CT molecular complexity index is 151. The molecule has 0 saturated heterocycles. The van der Waals surface area contributed by atoms with E-state index in [2.05, 4.69) is 6.92 Å². The van der Waals surface area contributed by atoms with Crippen molar-refractivity contribution in [1.82, 2.24) is 0 Å². The van der Waals surface area contributed by atoms with Crippen molar-refractivity contribution in [2.45, 2.75) is 32.6 Å². The van der Waals surface area contributed by atoms with Gasteiger partial charge in [-0.05, 0) is 31.6 Å². The smallest absolute Gasteiger partial charge is 0.310 e. The first-order chi connectivity index (χ1) is 5.74. The number of ether oxygens (including phenoxy) is 1. The van der Waals surface area contributed by atoms with Crippen LogP contribution >= 0.6 is 11.6 Å². The highest BCUT2D eigenvalue weighted by molar-refractivity contribution is 6.17. The third kappa shape index (κ3) is 2.67. The molecule has 0 aromatic rings. The predicted octanol–water partition coefficient (Wildman–Crippen LogP) is 2.55. The fourth-order valence-electron chi connectivity index (χ4n) is 1.67. The second kappa shape index (κ2) is 4.70. The molecule has 1 aliphatic rings. The Labute approximate surface area is 78.2 Å². The van der Waals surface area contributed by atoms with Crippen LogP contribution in [0.25, 0.3) is 0 Å². The van der Waals surface area contributed by atoms with Gasteiger partial charge in [0.15, 0.2) is 6.07 Å². The summed E-state index contributed by atoms with van der Waals surface area (Å²) in [6.45, 7) is 2.23. The fraction of sp³-hybridized carbons (Fsp3) is 0.889.